The van der Waals surface area contributed by atoms with Gasteiger partial charge in [-0.15, -0.1) is 11.3 Å². The number of hydrogen-bond acceptors (Lipinski definition) is 6. The Hall–Kier alpha value is -1.84. The van der Waals surface area contributed by atoms with Crippen LogP contribution in [0.5, 0.6) is 11.5 Å². The number of sulfonamides is 1. The molecule has 2 aromatic carbocycles. The molecule has 0 unspecified atom stereocenters. The van der Waals surface area contributed by atoms with Gasteiger partial charge in [-0.25, -0.2) is 13.4 Å². The van der Waals surface area contributed by atoms with E-state index < -0.39 is 10.0 Å². The largest absolute Gasteiger partial charge is 0.493 e. The summed E-state index contributed by atoms with van der Waals surface area (Å²) < 4.78 is 38.2. The molecule has 158 valence electrons. The molecule has 0 amide bonds. The zero-order valence-electron chi connectivity index (χ0n) is 16.2. The minimum Gasteiger partial charge on any atom is -0.493 e. The van der Waals surface area contributed by atoms with Gasteiger partial charge in [0.05, 0.1) is 41.4 Å². The van der Waals surface area contributed by atoms with Gasteiger partial charge in [-0.2, -0.15) is 4.31 Å². The van der Waals surface area contributed by atoms with Crippen LogP contribution in [-0.2, 0) is 23.0 Å². The summed E-state index contributed by atoms with van der Waals surface area (Å²) in [5.41, 5.74) is 1.82. The standard InChI is InChI=1S/C20H18Cl2N2O4S2/c1-27-17-6-3-12(9-18(17)28-2)20-23-16-7-8-24(11-19(16)29-20)30(25,26)13-4-5-14(21)15(22)10-13/h3-6,9-10H,7-8,11H2,1-2H3. The first-order valence-corrected chi connectivity index (χ1v) is 12.0. The van der Waals surface area contributed by atoms with Crippen molar-refractivity contribution in [2.75, 3.05) is 20.8 Å². The van der Waals surface area contributed by atoms with Crippen molar-refractivity contribution < 1.29 is 17.9 Å². The summed E-state index contributed by atoms with van der Waals surface area (Å²) in [7, 11) is -0.517. The Balaban J connectivity index is 1.62. The number of nitrogens with zero attached hydrogens (tertiary/aromatic N) is 2. The fraction of sp³-hybridized carbons (Fsp3) is 0.250. The first kappa shape index (κ1) is 21.4. The summed E-state index contributed by atoms with van der Waals surface area (Å²) in [4.78, 5) is 5.78. The Morgan fingerprint density at radius 2 is 1.80 bits per heavy atom. The highest BCUT2D eigenvalue weighted by molar-refractivity contribution is 7.89. The Morgan fingerprint density at radius 1 is 1.03 bits per heavy atom. The number of aromatic nitrogens is 1. The maximum atomic E-state index is 13.1. The Bertz CT molecular complexity index is 1210. The van der Waals surface area contributed by atoms with Crippen LogP contribution in [-0.4, -0.2) is 38.5 Å². The minimum atomic E-state index is -3.69. The third-order valence-corrected chi connectivity index (χ3v) is 8.57. The van der Waals surface area contributed by atoms with Crippen LogP contribution < -0.4 is 9.47 Å². The molecule has 1 aliphatic rings. The number of halogens is 2. The van der Waals surface area contributed by atoms with Crippen LogP contribution in [0.1, 0.15) is 10.6 Å². The molecule has 0 saturated carbocycles. The molecule has 1 aromatic heterocycles. The molecular formula is C20H18Cl2N2O4S2. The number of ether oxygens (including phenoxy) is 2. The topological polar surface area (TPSA) is 68.7 Å². The average molecular weight is 485 g/mol. The molecule has 0 bridgehead atoms. The maximum Gasteiger partial charge on any atom is 0.243 e. The Labute approximate surface area is 189 Å². The Kier molecular flexibility index (Phi) is 5.96. The summed E-state index contributed by atoms with van der Waals surface area (Å²) in [6.45, 7) is 0.619. The van der Waals surface area contributed by atoms with E-state index in [2.05, 4.69) is 0 Å². The molecule has 0 saturated heterocycles. The lowest BCUT2D eigenvalue weighted by Gasteiger charge is -2.25. The van der Waals surface area contributed by atoms with E-state index in [1.165, 1.54) is 33.8 Å². The molecular weight excluding hydrogens is 467 g/mol. The second kappa shape index (κ2) is 8.36. The van der Waals surface area contributed by atoms with Gasteiger partial charge in [-0.05, 0) is 36.4 Å². The van der Waals surface area contributed by atoms with Crippen LogP contribution in [0, 0.1) is 0 Å². The number of rotatable bonds is 5. The molecule has 0 radical (unpaired) electrons. The van der Waals surface area contributed by atoms with Crippen LogP contribution in [0.2, 0.25) is 10.0 Å². The Morgan fingerprint density at radius 3 is 2.50 bits per heavy atom. The van der Waals surface area contributed by atoms with Crippen molar-refractivity contribution in [3.05, 3.63) is 57.0 Å². The molecule has 30 heavy (non-hydrogen) atoms. The first-order valence-electron chi connectivity index (χ1n) is 8.99. The van der Waals surface area contributed by atoms with Gasteiger partial charge < -0.3 is 9.47 Å². The SMILES string of the molecule is COc1ccc(-c2nc3c(s2)CN(S(=O)(=O)c2ccc(Cl)c(Cl)c2)CC3)cc1OC. The molecule has 0 atom stereocenters. The highest BCUT2D eigenvalue weighted by Gasteiger charge is 2.31. The van der Waals surface area contributed by atoms with E-state index in [1.807, 2.05) is 18.2 Å². The predicted octanol–water partition coefficient (Wildman–Crippen LogP) is 4.88. The van der Waals surface area contributed by atoms with E-state index in [0.29, 0.717) is 29.5 Å². The zero-order chi connectivity index (χ0) is 21.5. The number of thiazole rings is 1. The van der Waals surface area contributed by atoms with Crippen molar-refractivity contribution in [3.8, 4) is 22.1 Å². The summed E-state index contributed by atoms with van der Waals surface area (Å²) in [6.07, 6.45) is 0.541. The average Bonchev–Trinajstić information content (AvgIpc) is 3.18. The molecule has 10 heteroatoms. The van der Waals surface area contributed by atoms with Gasteiger partial charge in [0.2, 0.25) is 10.0 Å². The molecule has 0 N–H and O–H groups in total. The van der Waals surface area contributed by atoms with E-state index in [1.54, 1.807) is 14.2 Å². The van der Waals surface area contributed by atoms with E-state index in [4.69, 9.17) is 37.7 Å². The highest BCUT2D eigenvalue weighted by atomic mass is 35.5. The van der Waals surface area contributed by atoms with Crippen molar-refractivity contribution >= 4 is 44.6 Å². The zero-order valence-corrected chi connectivity index (χ0v) is 19.3. The van der Waals surface area contributed by atoms with Crippen molar-refractivity contribution in [2.24, 2.45) is 0 Å². The van der Waals surface area contributed by atoms with Crippen LogP contribution in [0.25, 0.3) is 10.6 Å². The lowest BCUT2D eigenvalue weighted by Crippen LogP contribution is -2.35. The van der Waals surface area contributed by atoms with Crippen LogP contribution in [0.3, 0.4) is 0 Å². The normalized spacial score (nSPS) is 14.4. The molecule has 1 aliphatic heterocycles. The summed E-state index contributed by atoms with van der Waals surface area (Å²) >= 11 is 13.4. The molecule has 2 heterocycles. The second-order valence-electron chi connectivity index (χ2n) is 6.62. The third kappa shape index (κ3) is 3.90. The van der Waals surface area contributed by atoms with Gasteiger partial charge in [0, 0.05) is 23.4 Å². The van der Waals surface area contributed by atoms with E-state index in [0.717, 1.165) is 21.1 Å². The summed E-state index contributed by atoms with van der Waals surface area (Å²) in [6, 6.07) is 9.96. The minimum absolute atomic E-state index is 0.130. The van der Waals surface area contributed by atoms with Crippen LogP contribution >= 0.6 is 34.5 Å². The predicted molar refractivity (Wildman–Crippen MR) is 118 cm³/mol. The quantitative estimate of drug-likeness (QED) is 0.515. The molecule has 4 rings (SSSR count). The third-order valence-electron chi connectivity index (χ3n) is 4.86. The first-order chi connectivity index (χ1) is 14.3. The van der Waals surface area contributed by atoms with E-state index in [-0.39, 0.29) is 16.5 Å². The number of hydrogen-bond donors (Lipinski definition) is 0. The van der Waals surface area contributed by atoms with Crippen LogP contribution in [0.4, 0.5) is 0 Å². The molecule has 0 spiro atoms. The number of benzene rings is 2. The van der Waals surface area contributed by atoms with Gasteiger partial charge >= 0.3 is 0 Å². The van der Waals surface area contributed by atoms with Crippen LogP contribution in [0.15, 0.2) is 41.3 Å². The highest BCUT2D eigenvalue weighted by Crippen LogP contribution is 2.37. The summed E-state index contributed by atoms with van der Waals surface area (Å²) in [5, 5.41) is 1.34. The molecule has 0 fully saturated rings. The fourth-order valence-corrected chi connectivity index (χ4v) is 6.26. The molecule has 6 nitrogen and oxygen atoms in total. The second-order valence-corrected chi connectivity index (χ2v) is 10.5. The van der Waals surface area contributed by atoms with Gasteiger partial charge in [0.25, 0.3) is 0 Å². The van der Waals surface area contributed by atoms with Crippen molar-refractivity contribution in [3.63, 3.8) is 0 Å². The van der Waals surface area contributed by atoms with Gasteiger partial charge in [-0.1, -0.05) is 23.2 Å². The lowest BCUT2D eigenvalue weighted by atomic mass is 10.2. The smallest absolute Gasteiger partial charge is 0.243 e. The van der Waals surface area contributed by atoms with Gasteiger partial charge in [0.15, 0.2) is 11.5 Å². The van der Waals surface area contributed by atoms with E-state index >= 15 is 0 Å². The molecule has 3 aromatic rings. The monoisotopic (exact) mass is 484 g/mol. The van der Waals surface area contributed by atoms with Crippen molar-refractivity contribution in [1.29, 1.82) is 0 Å². The lowest BCUT2D eigenvalue weighted by molar-refractivity contribution is 0.355. The summed E-state index contributed by atoms with van der Waals surface area (Å²) in [5.74, 6) is 1.26. The van der Waals surface area contributed by atoms with E-state index in [9.17, 15) is 8.42 Å². The number of fused-ring (bicyclic) bond motifs is 1. The van der Waals surface area contributed by atoms with Crippen molar-refractivity contribution in [1.82, 2.24) is 9.29 Å². The molecule has 0 aliphatic carbocycles. The fourth-order valence-electron chi connectivity index (χ4n) is 3.26. The maximum absolute atomic E-state index is 13.1. The van der Waals surface area contributed by atoms with Gasteiger partial charge in [-0.3, -0.25) is 0 Å². The van der Waals surface area contributed by atoms with Gasteiger partial charge in [0.1, 0.15) is 5.01 Å². The van der Waals surface area contributed by atoms with Crippen molar-refractivity contribution in [2.45, 2.75) is 17.9 Å². The number of methoxy groups -OCH3 is 2.